The van der Waals surface area contributed by atoms with Crippen LogP contribution in [0.25, 0.3) is 10.9 Å². The number of ketones is 1. The Bertz CT molecular complexity index is 1410. The average molecular weight is 601 g/mol. The summed E-state index contributed by atoms with van der Waals surface area (Å²) in [6, 6.07) is 6.03. The molecule has 7 nitrogen and oxygen atoms in total. The molecule has 3 N–H and O–H groups in total. The molecule has 1 aliphatic rings. The van der Waals surface area contributed by atoms with Gasteiger partial charge >= 0.3 is 12.4 Å². The smallest absolute Gasteiger partial charge is 0.403 e. The molecule has 12 heteroatoms. The van der Waals surface area contributed by atoms with Crippen molar-refractivity contribution < 1.29 is 32.3 Å². The molecule has 0 saturated heterocycles. The molecule has 1 heterocycles. The molecule has 0 radical (unpaired) electrons. The van der Waals surface area contributed by atoms with Crippen LogP contribution in [0.15, 0.2) is 41.0 Å². The second kappa shape index (κ2) is 10.0. The summed E-state index contributed by atoms with van der Waals surface area (Å²) in [6.07, 6.45) is -0.650. The van der Waals surface area contributed by atoms with Crippen molar-refractivity contribution in [1.29, 1.82) is 0 Å². The molecule has 2 aromatic carbocycles. The normalized spacial score (nSPS) is 15.4. The maximum atomic E-state index is 13.4. The van der Waals surface area contributed by atoms with Gasteiger partial charge in [-0.3, -0.25) is 14.2 Å². The zero-order valence-electron chi connectivity index (χ0n) is 19.5. The Labute approximate surface area is 223 Å². The Morgan fingerprint density at radius 1 is 1.14 bits per heavy atom. The fraction of sp³-hybridized carbons (Fsp3) is 0.320. The van der Waals surface area contributed by atoms with Crippen molar-refractivity contribution in [2.75, 3.05) is 5.32 Å². The van der Waals surface area contributed by atoms with E-state index in [2.05, 4.69) is 26.0 Å². The largest absolute Gasteiger partial charge is 0.573 e. The van der Waals surface area contributed by atoms with Crippen molar-refractivity contribution in [3.8, 4) is 5.75 Å². The highest BCUT2D eigenvalue weighted by Gasteiger charge is 2.43. The van der Waals surface area contributed by atoms with Gasteiger partial charge in [-0.2, -0.15) is 0 Å². The number of anilines is 1. The predicted octanol–water partition coefficient (Wildman–Crippen LogP) is 6.93. The van der Waals surface area contributed by atoms with E-state index < -0.39 is 29.5 Å². The first-order valence-corrected chi connectivity index (χ1v) is 12.5. The molecule has 0 atom stereocenters. The van der Waals surface area contributed by atoms with Crippen LogP contribution in [0, 0.1) is 0 Å². The number of nitrogens with zero attached hydrogens (tertiary/aromatic N) is 1. The lowest BCUT2D eigenvalue weighted by molar-refractivity contribution is -0.274. The maximum absolute atomic E-state index is 13.4. The van der Waals surface area contributed by atoms with Gasteiger partial charge in [0.15, 0.2) is 11.5 Å². The third kappa shape index (κ3) is 5.33. The number of hydrogen-bond acceptors (Lipinski definition) is 4. The standard InChI is InChI=1S/C25H22BrClF3N3O4/c1-13(34)14-5-6-19(18(27)9-14)32-23(36)33-12-17(24(22(31)35)7-3-2-4-8-24)16-10-15(26)11-20(21(16)33)37-25(28,29)30/h5-6,9-12H,2-4,7-8H2,1H3,(H2,31,35)(H,32,36). The molecule has 1 fully saturated rings. The Morgan fingerprint density at radius 2 is 1.81 bits per heavy atom. The number of aromatic nitrogens is 1. The van der Waals surface area contributed by atoms with Gasteiger partial charge in [0.2, 0.25) is 5.91 Å². The summed E-state index contributed by atoms with van der Waals surface area (Å²) in [5.41, 5.74) is 5.30. The Balaban J connectivity index is 1.92. The number of carbonyl (C=O) groups excluding carboxylic acids is 3. The Hall–Kier alpha value is -3.05. The molecule has 0 bridgehead atoms. The molecule has 0 spiro atoms. The first kappa shape index (κ1) is 27.0. The van der Waals surface area contributed by atoms with Crippen molar-refractivity contribution in [1.82, 2.24) is 4.57 Å². The molecule has 37 heavy (non-hydrogen) atoms. The van der Waals surface area contributed by atoms with Crippen LogP contribution in [0.2, 0.25) is 5.02 Å². The minimum absolute atomic E-state index is 0.0631. The predicted molar refractivity (Wildman–Crippen MR) is 136 cm³/mol. The molecule has 2 amide bonds. The van der Waals surface area contributed by atoms with Crippen LogP contribution in [0.5, 0.6) is 5.75 Å². The van der Waals surface area contributed by atoms with E-state index in [0.29, 0.717) is 36.8 Å². The van der Waals surface area contributed by atoms with Gasteiger partial charge in [0.1, 0.15) is 5.52 Å². The first-order chi connectivity index (χ1) is 17.3. The molecular weight excluding hydrogens is 579 g/mol. The lowest BCUT2D eigenvalue weighted by Gasteiger charge is -2.34. The summed E-state index contributed by atoms with van der Waals surface area (Å²) in [4.78, 5) is 37.8. The Kier molecular flexibility index (Phi) is 7.31. The molecule has 3 aromatic rings. The third-order valence-electron chi connectivity index (χ3n) is 6.59. The van der Waals surface area contributed by atoms with Crippen LogP contribution in [0.4, 0.5) is 23.7 Å². The van der Waals surface area contributed by atoms with E-state index in [4.69, 9.17) is 17.3 Å². The van der Waals surface area contributed by atoms with Crippen LogP contribution >= 0.6 is 27.5 Å². The molecule has 0 unspecified atom stereocenters. The van der Waals surface area contributed by atoms with Crippen molar-refractivity contribution in [3.05, 3.63) is 57.2 Å². The van der Waals surface area contributed by atoms with E-state index in [1.165, 1.54) is 37.4 Å². The minimum Gasteiger partial charge on any atom is -0.403 e. The van der Waals surface area contributed by atoms with Gasteiger partial charge in [-0.25, -0.2) is 4.79 Å². The number of carbonyl (C=O) groups is 3. The molecule has 0 aliphatic heterocycles. The van der Waals surface area contributed by atoms with E-state index >= 15 is 0 Å². The highest BCUT2D eigenvalue weighted by molar-refractivity contribution is 9.10. The van der Waals surface area contributed by atoms with Crippen molar-refractivity contribution >= 4 is 61.8 Å². The van der Waals surface area contributed by atoms with Crippen molar-refractivity contribution in [2.45, 2.75) is 50.8 Å². The highest BCUT2D eigenvalue weighted by atomic mass is 79.9. The molecule has 196 valence electrons. The number of amides is 2. The quantitative estimate of drug-likeness (QED) is 0.310. The number of rotatable bonds is 5. The minimum atomic E-state index is -5.04. The molecule has 1 aliphatic carbocycles. The van der Waals surface area contributed by atoms with Crippen molar-refractivity contribution in [2.24, 2.45) is 5.73 Å². The summed E-state index contributed by atoms with van der Waals surface area (Å²) in [5.74, 6) is -1.48. The number of benzene rings is 2. The second-order valence-corrected chi connectivity index (χ2v) is 10.3. The van der Waals surface area contributed by atoms with E-state index in [-0.39, 0.29) is 31.9 Å². The van der Waals surface area contributed by atoms with E-state index in [9.17, 15) is 27.6 Å². The highest BCUT2D eigenvalue weighted by Crippen LogP contribution is 2.46. The number of halogens is 5. The number of fused-ring (bicyclic) bond motifs is 1. The number of primary amides is 1. The van der Waals surface area contributed by atoms with E-state index in [1.54, 1.807) is 0 Å². The van der Waals surface area contributed by atoms with Gasteiger partial charge in [0, 0.05) is 21.6 Å². The summed E-state index contributed by atoms with van der Waals surface area (Å²) in [6.45, 7) is 1.36. The molecule has 1 aromatic heterocycles. The van der Waals surface area contributed by atoms with Crippen molar-refractivity contribution in [3.63, 3.8) is 0 Å². The van der Waals surface area contributed by atoms with Crippen LogP contribution in [-0.2, 0) is 10.2 Å². The second-order valence-electron chi connectivity index (χ2n) is 8.95. The van der Waals surface area contributed by atoms with Gasteiger partial charge in [-0.1, -0.05) is 46.8 Å². The van der Waals surface area contributed by atoms with Gasteiger partial charge in [0.25, 0.3) is 0 Å². The van der Waals surface area contributed by atoms with Crippen LogP contribution in [0.3, 0.4) is 0 Å². The van der Waals surface area contributed by atoms with Gasteiger partial charge in [0.05, 0.1) is 16.1 Å². The third-order valence-corrected chi connectivity index (χ3v) is 7.36. The summed E-state index contributed by atoms with van der Waals surface area (Å²) >= 11 is 9.45. The number of Topliss-reactive ketones (excluding diaryl/α,β-unsaturated/α-hetero) is 1. The van der Waals surface area contributed by atoms with Crippen LogP contribution in [-0.4, -0.2) is 28.7 Å². The fourth-order valence-electron chi connectivity index (χ4n) is 4.85. The lowest BCUT2D eigenvalue weighted by Crippen LogP contribution is -2.42. The number of nitrogens with one attached hydrogen (secondary N) is 1. The van der Waals surface area contributed by atoms with E-state index in [1.807, 2.05) is 0 Å². The zero-order chi connectivity index (χ0) is 27.1. The first-order valence-electron chi connectivity index (χ1n) is 11.3. The summed E-state index contributed by atoms with van der Waals surface area (Å²) < 4.78 is 45.5. The Morgan fingerprint density at radius 3 is 2.38 bits per heavy atom. The maximum Gasteiger partial charge on any atom is 0.573 e. The van der Waals surface area contributed by atoms with Gasteiger partial charge in [-0.05, 0) is 55.7 Å². The number of alkyl halides is 3. The lowest BCUT2D eigenvalue weighted by atomic mass is 9.69. The summed E-state index contributed by atoms with van der Waals surface area (Å²) in [7, 11) is 0. The average Bonchev–Trinajstić information content (AvgIpc) is 3.19. The van der Waals surface area contributed by atoms with Gasteiger partial charge < -0.3 is 15.8 Å². The van der Waals surface area contributed by atoms with Crippen LogP contribution < -0.4 is 15.8 Å². The molecule has 4 rings (SSSR count). The topological polar surface area (TPSA) is 103 Å². The molecule has 1 saturated carbocycles. The van der Waals surface area contributed by atoms with Gasteiger partial charge in [-0.15, -0.1) is 13.2 Å². The SMILES string of the molecule is CC(=O)c1ccc(NC(=O)n2cc(C3(C(N)=O)CCCCC3)c3cc(Br)cc(OC(F)(F)F)c32)c(Cl)c1. The van der Waals surface area contributed by atoms with E-state index in [0.717, 1.165) is 17.1 Å². The molecular formula is C25H22BrClF3N3O4. The zero-order valence-corrected chi connectivity index (χ0v) is 21.9. The monoisotopic (exact) mass is 599 g/mol. The number of nitrogens with two attached hydrogens (primary N) is 1. The number of hydrogen-bond donors (Lipinski definition) is 2. The fourth-order valence-corrected chi connectivity index (χ4v) is 5.51. The summed E-state index contributed by atoms with van der Waals surface area (Å²) in [5, 5.41) is 2.85. The van der Waals surface area contributed by atoms with Crippen LogP contribution in [0.1, 0.15) is 54.9 Å². The number of ether oxygens (including phenoxy) is 1.